The van der Waals surface area contributed by atoms with Gasteiger partial charge in [-0.1, -0.05) is 6.42 Å². The summed E-state index contributed by atoms with van der Waals surface area (Å²) in [7, 11) is 0. The first-order valence-electron chi connectivity index (χ1n) is 10.0. The first kappa shape index (κ1) is 16.8. The van der Waals surface area contributed by atoms with E-state index in [1.807, 2.05) is 0 Å². The minimum absolute atomic E-state index is 0.273. The van der Waals surface area contributed by atoms with Crippen molar-refractivity contribution >= 4 is 5.91 Å². The van der Waals surface area contributed by atoms with Gasteiger partial charge >= 0.3 is 0 Å². The van der Waals surface area contributed by atoms with E-state index in [1.165, 1.54) is 25.7 Å². The zero-order chi connectivity index (χ0) is 16.4. The van der Waals surface area contributed by atoms with Crippen LogP contribution in [0.2, 0.25) is 0 Å². The van der Waals surface area contributed by atoms with E-state index in [-0.39, 0.29) is 5.91 Å². The summed E-state index contributed by atoms with van der Waals surface area (Å²) in [4.78, 5) is 17.1. The first-order valence-corrected chi connectivity index (χ1v) is 10.0. The second-order valence-corrected chi connectivity index (χ2v) is 8.09. The maximum Gasteiger partial charge on any atom is 0.224 e. The molecule has 5 nitrogen and oxygen atoms in total. The quantitative estimate of drug-likeness (QED) is 0.769. The molecule has 2 aliphatic heterocycles. The molecule has 4 aliphatic rings. The van der Waals surface area contributed by atoms with Gasteiger partial charge in [-0.05, 0) is 43.9 Å². The SMILES string of the molecule is O=C(CCOC1CCOCC1)N1CCN([C@H]2C[C@H]3CC[C@@H]2C3)CC1. The third kappa shape index (κ3) is 3.78. The predicted octanol–water partition coefficient (Wildman–Crippen LogP) is 1.90. The van der Waals surface area contributed by atoms with E-state index in [2.05, 4.69) is 9.80 Å². The topological polar surface area (TPSA) is 42.0 Å². The Morgan fingerprint density at radius 2 is 1.79 bits per heavy atom. The summed E-state index contributed by atoms with van der Waals surface area (Å²) in [5.74, 6) is 2.22. The van der Waals surface area contributed by atoms with Crippen LogP contribution in [0, 0.1) is 11.8 Å². The highest BCUT2D eigenvalue weighted by atomic mass is 16.5. The molecule has 0 aromatic heterocycles. The van der Waals surface area contributed by atoms with Gasteiger partial charge in [-0.15, -0.1) is 0 Å². The molecule has 2 heterocycles. The van der Waals surface area contributed by atoms with Gasteiger partial charge in [0.15, 0.2) is 0 Å². The molecular formula is C19H32N2O3. The number of carbonyl (C=O) groups excluding carboxylic acids is 1. The van der Waals surface area contributed by atoms with Crippen molar-refractivity contribution in [3.63, 3.8) is 0 Å². The van der Waals surface area contributed by atoms with Gasteiger partial charge in [0.1, 0.15) is 0 Å². The van der Waals surface area contributed by atoms with E-state index in [1.54, 1.807) is 0 Å². The Balaban J connectivity index is 1.15. The van der Waals surface area contributed by atoms with Crippen LogP contribution in [0.15, 0.2) is 0 Å². The largest absolute Gasteiger partial charge is 0.381 e. The standard InChI is InChI=1S/C19H32N2O3/c22-19(5-12-24-17-3-10-23-11-4-17)21-8-6-20(7-9-21)18-14-15-1-2-16(18)13-15/h15-18H,1-14H2/t15-,16+,18-/m0/s1. The van der Waals surface area contributed by atoms with Crippen molar-refractivity contribution in [1.82, 2.24) is 9.80 Å². The average Bonchev–Trinajstić information content (AvgIpc) is 3.26. The number of rotatable bonds is 5. The molecule has 5 heteroatoms. The molecule has 4 rings (SSSR count). The molecule has 0 unspecified atom stereocenters. The summed E-state index contributed by atoms with van der Waals surface area (Å²) < 4.78 is 11.2. The third-order valence-electron chi connectivity index (χ3n) is 6.67. The van der Waals surface area contributed by atoms with Crippen molar-refractivity contribution in [2.45, 2.75) is 57.1 Å². The van der Waals surface area contributed by atoms with E-state index in [0.717, 1.165) is 70.1 Å². The molecule has 1 amide bonds. The highest BCUT2D eigenvalue weighted by Gasteiger charge is 2.42. The number of hydrogen-bond acceptors (Lipinski definition) is 4. The van der Waals surface area contributed by atoms with Crippen LogP contribution < -0.4 is 0 Å². The van der Waals surface area contributed by atoms with E-state index < -0.39 is 0 Å². The molecule has 2 saturated carbocycles. The smallest absolute Gasteiger partial charge is 0.224 e. The minimum atomic E-state index is 0.273. The highest BCUT2D eigenvalue weighted by Crippen LogP contribution is 2.46. The lowest BCUT2D eigenvalue weighted by atomic mass is 9.93. The fourth-order valence-electron chi connectivity index (χ4n) is 5.27. The summed E-state index contributed by atoms with van der Waals surface area (Å²) in [5.41, 5.74) is 0. The molecule has 136 valence electrons. The lowest BCUT2D eigenvalue weighted by Crippen LogP contribution is -2.53. The number of hydrogen-bond donors (Lipinski definition) is 0. The monoisotopic (exact) mass is 336 g/mol. The Morgan fingerprint density at radius 3 is 2.46 bits per heavy atom. The maximum atomic E-state index is 12.4. The zero-order valence-corrected chi connectivity index (χ0v) is 14.8. The normalized spacial score (nSPS) is 34.8. The Bertz CT molecular complexity index is 430. The summed E-state index contributed by atoms with van der Waals surface area (Å²) in [6.07, 6.45) is 8.55. The van der Waals surface area contributed by atoms with Crippen LogP contribution in [0.25, 0.3) is 0 Å². The molecule has 4 fully saturated rings. The third-order valence-corrected chi connectivity index (χ3v) is 6.67. The van der Waals surface area contributed by atoms with Gasteiger partial charge in [-0.3, -0.25) is 9.69 Å². The molecule has 0 N–H and O–H groups in total. The number of piperazine rings is 1. The Hall–Kier alpha value is -0.650. The lowest BCUT2D eigenvalue weighted by Gasteiger charge is -2.41. The summed E-state index contributed by atoms with van der Waals surface area (Å²) in [6.45, 7) is 6.11. The Kier molecular flexibility index (Phi) is 5.40. The molecule has 2 aliphatic carbocycles. The van der Waals surface area contributed by atoms with Crippen molar-refractivity contribution < 1.29 is 14.3 Å². The van der Waals surface area contributed by atoms with Gasteiger partial charge in [-0.2, -0.15) is 0 Å². The van der Waals surface area contributed by atoms with Crippen LogP contribution in [0.1, 0.15) is 44.9 Å². The maximum absolute atomic E-state index is 12.4. The van der Waals surface area contributed by atoms with Crippen molar-refractivity contribution in [3.8, 4) is 0 Å². The van der Waals surface area contributed by atoms with Crippen molar-refractivity contribution in [2.24, 2.45) is 11.8 Å². The molecule has 3 atom stereocenters. The molecule has 2 saturated heterocycles. The van der Waals surface area contributed by atoms with Gasteiger partial charge in [0.05, 0.1) is 19.1 Å². The molecular weight excluding hydrogens is 304 g/mol. The molecule has 24 heavy (non-hydrogen) atoms. The molecule has 0 spiro atoms. The van der Waals surface area contributed by atoms with Crippen LogP contribution in [0.4, 0.5) is 0 Å². The molecule has 0 aromatic rings. The lowest BCUT2D eigenvalue weighted by molar-refractivity contribution is -0.135. The number of ether oxygens (including phenoxy) is 2. The second-order valence-electron chi connectivity index (χ2n) is 8.09. The van der Waals surface area contributed by atoms with Crippen LogP contribution in [0.3, 0.4) is 0 Å². The number of amides is 1. The predicted molar refractivity (Wildman–Crippen MR) is 91.8 cm³/mol. The van der Waals surface area contributed by atoms with Gasteiger partial charge in [0, 0.05) is 45.4 Å². The second kappa shape index (κ2) is 7.71. The molecule has 2 bridgehead atoms. The number of carbonyl (C=O) groups is 1. The van der Waals surface area contributed by atoms with E-state index >= 15 is 0 Å². The Morgan fingerprint density at radius 1 is 1.00 bits per heavy atom. The van der Waals surface area contributed by atoms with E-state index in [0.29, 0.717) is 19.1 Å². The number of fused-ring (bicyclic) bond motifs is 2. The first-order chi connectivity index (χ1) is 11.8. The van der Waals surface area contributed by atoms with E-state index in [4.69, 9.17) is 9.47 Å². The summed E-state index contributed by atoms with van der Waals surface area (Å²) >= 11 is 0. The van der Waals surface area contributed by atoms with Crippen LogP contribution in [-0.4, -0.2) is 73.9 Å². The van der Waals surface area contributed by atoms with Crippen LogP contribution in [0.5, 0.6) is 0 Å². The van der Waals surface area contributed by atoms with Crippen molar-refractivity contribution in [3.05, 3.63) is 0 Å². The fraction of sp³-hybridized carbons (Fsp3) is 0.947. The summed E-state index contributed by atoms with van der Waals surface area (Å²) in [5, 5.41) is 0. The van der Waals surface area contributed by atoms with Crippen molar-refractivity contribution in [2.75, 3.05) is 46.0 Å². The number of nitrogens with zero attached hydrogens (tertiary/aromatic N) is 2. The van der Waals surface area contributed by atoms with Gasteiger partial charge in [0.25, 0.3) is 0 Å². The van der Waals surface area contributed by atoms with Crippen molar-refractivity contribution in [1.29, 1.82) is 0 Å². The van der Waals surface area contributed by atoms with Crippen LogP contribution in [-0.2, 0) is 14.3 Å². The highest BCUT2D eigenvalue weighted by molar-refractivity contribution is 5.76. The minimum Gasteiger partial charge on any atom is -0.381 e. The van der Waals surface area contributed by atoms with Gasteiger partial charge < -0.3 is 14.4 Å². The van der Waals surface area contributed by atoms with Gasteiger partial charge in [0.2, 0.25) is 5.91 Å². The zero-order valence-electron chi connectivity index (χ0n) is 14.8. The molecule has 0 aromatic carbocycles. The summed E-state index contributed by atoms with van der Waals surface area (Å²) in [6, 6.07) is 0.817. The van der Waals surface area contributed by atoms with Crippen LogP contribution >= 0.6 is 0 Å². The Labute approximate surface area is 145 Å². The van der Waals surface area contributed by atoms with Gasteiger partial charge in [-0.25, -0.2) is 0 Å². The fourth-order valence-corrected chi connectivity index (χ4v) is 5.27. The van der Waals surface area contributed by atoms with E-state index in [9.17, 15) is 4.79 Å². The molecule has 0 radical (unpaired) electrons. The average molecular weight is 336 g/mol.